The third kappa shape index (κ3) is 5.77. The highest BCUT2D eigenvalue weighted by Gasteiger charge is 2.24. The van der Waals surface area contributed by atoms with Gasteiger partial charge in [-0.1, -0.05) is 26.0 Å². The van der Waals surface area contributed by atoms with E-state index in [0.29, 0.717) is 25.1 Å². The molecule has 0 aliphatic rings. The van der Waals surface area contributed by atoms with E-state index in [0.717, 1.165) is 0 Å². The summed E-state index contributed by atoms with van der Waals surface area (Å²) in [6.45, 7) is 4.63. The predicted molar refractivity (Wildman–Crippen MR) is 110 cm³/mol. The van der Waals surface area contributed by atoms with Crippen molar-refractivity contribution in [2.45, 2.75) is 33.2 Å². The Balaban J connectivity index is 2.47. The van der Waals surface area contributed by atoms with E-state index >= 15 is 0 Å². The van der Waals surface area contributed by atoms with Crippen molar-refractivity contribution in [1.82, 2.24) is 9.55 Å². The summed E-state index contributed by atoms with van der Waals surface area (Å²) in [4.78, 5) is 41.2. The van der Waals surface area contributed by atoms with Gasteiger partial charge >= 0.3 is 5.69 Å². The number of anilines is 2. The Labute approximate surface area is 168 Å². The number of ether oxygens (including phenoxy) is 1. The molecule has 0 atom stereocenters. The Morgan fingerprint density at radius 3 is 2.69 bits per heavy atom. The molecule has 1 aromatic carbocycles. The maximum atomic E-state index is 13.5. The van der Waals surface area contributed by atoms with Crippen LogP contribution in [0.3, 0.4) is 0 Å². The Morgan fingerprint density at radius 2 is 2.07 bits per heavy atom. The fraction of sp³-hybridized carbons (Fsp3) is 0.450. The molecule has 8 nitrogen and oxygen atoms in total. The highest BCUT2D eigenvalue weighted by atomic mass is 19.1. The fourth-order valence-electron chi connectivity index (χ4n) is 3.03. The second-order valence-corrected chi connectivity index (χ2v) is 7.20. The molecule has 1 heterocycles. The number of carbonyl (C=O) groups is 1. The van der Waals surface area contributed by atoms with Crippen LogP contribution in [-0.2, 0) is 22.5 Å². The Morgan fingerprint density at radius 1 is 1.34 bits per heavy atom. The summed E-state index contributed by atoms with van der Waals surface area (Å²) < 4.78 is 19.8. The number of nitrogens with zero attached hydrogens (tertiary/aromatic N) is 2. The van der Waals surface area contributed by atoms with Gasteiger partial charge in [0.15, 0.2) is 5.69 Å². The van der Waals surface area contributed by atoms with Crippen molar-refractivity contribution in [3.05, 3.63) is 56.5 Å². The van der Waals surface area contributed by atoms with E-state index in [9.17, 15) is 18.8 Å². The molecule has 0 saturated carbocycles. The van der Waals surface area contributed by atoms with E-state index in [1.54, 1.807) is 6.07 Å². The van der Waals surface area contributed by atoms with Crippen molar-refractivity contribution in [3.63, 3.8) is 0 Å². The number of H-pyrrole nitrogens is 1. The molecule has 0 spiro atoms. The Hall–Kier alpha value is -2.94. The first-order valence-corrected chi connectivity index (χ1v) is 9.41. The van der Waals surface area contributed by atoms with Gasteiger partial charge in [-0.25, -0.2) is 9.18 Å². The average Bonchev–Trinajstić information content (AvgIpc) is 2.63. The molecule has 0 radical (unpaired) electrons. The molecule has 0 saturated heterocycles. The zero-order valence-corrected chi connectivity index (χ0v) is 16.9. The monoisotopic (exact) mass is 406 g/mol. The van der Waals surface area contributed by atoms with Crippen LogP contribution in [0.5, 0.6) is 0 Å². The fourth-order valence-corrected chi connectivity index (χ4v) is 3.03. The molecule has 29 heavy (non-hydrogen) atoms. The number of hydrogen-bond acceptors (Lipinski definition) is 5. The van der Waals surface area contributed by atoms with Gasteiger partial charge in [-0.3, -0.25) is 19.1 Å². The van der Waals surface area contributed by atoms with Crippen molar-refractivity contribution in [1.29, 1.82) is 0 Å². The van der Waals surface area contributed by atoms with E-state index in [4.69, 9.17) is 10.5 Å². The molecule has 1 aromatic heterocycles. The van der Waals surface area contributed by atoms with Crippen LogP contribution in [0.25, 0.3) is 0 Å². The minimum absolute atomic E-state index is 0.0718. The number of benzene rings is 1. The van der Waals surface area contributed by atoms with Crippen LogP contribution in [0.4, 0.5) is 15.9 Å². The zero-order chi connectivity index (χ0) is 21.6. The number of nitrogen functional groups attached to an aromatic ring is 1. The molecule has 0 aliphatic carbocycles. The van der Waals surface area contributed by atoms with Crippen LogP contribution < -0.4 is 21.9 Å². The molecule has 1 amide bonds. The van der Waals surface area contributed by atoms with Gasteiger partial charge in [0.2, 0.25) is 5.91 Å². The standard InChI is InChI=1S/C20H27FN4O4/c1-13(2)12-25-18(22)17(19(27)23-20(25)28)24(8-5-9-29-3)16(26)11-14-6-4-7-15(21)10-14/h4,6-7,10,13H,5,8-9,11-12,22H2,1-3H3,(H,23,27,28). The molecular weight excluding hydrogens is 379 g/mol. The Kier molecular flexibility index (Phi) is 7.72. The van der Waals surface area contributed by atoms with Gasteiger partial charge < -0.3 is 15.4 Å². The third-order valence-electron chi connectivity index (χ3n) is 4.31. The van der Waals surface area contributed by atoms with Crippen LogP contribution in [-0.4, -0.2) is 35.7 Å². The Bertz CT molecular complexity index is 968. The van der Waals surface area contributed by atoms with Crippen LogP contribution in [0, 0.1) is 11.7 Å². The molecule has 2 rings (SSSR count). The number of amides is 1. The van der Waals surface area contributed by atoms with Gasteiger partial charge in [0.05, 0.1) is 6.42 Å². The summed E-state index contributed by atoms with van der Waals surface area (Å²) in [6.07, 6.45) is 0.334. The number of methoxy groups -OCH3 is 1. The van der Waals surface area contributed by atoms with Crippen LogP contribution in [0.2, 0.25) is 0 Å². The van der Waals surface area contributed by atoms with Gasteiger partial charge in [-0.15, -0.1) is 0 Å². The van der Waals surface area contributed by atoms with Crippen molar-refractivity contribution in [2.24, 2.45) is 5.92 Å². The molecule has 0 unspecified atom stereocenters. The van der Waals surface area contributed by atoms with Crippen molar-refractivity contribution >= 4 is 17.4 Å². The average molecular weight is 406 g/mol. The topological polar surface area (TPSA) is 110 Å². The van der Waals surface area contributed by atoms with E-state index < -0.39 is 23.0 Å². The van der Waals surface area contributed by atoms with E-state index in [-0.39, 0.29) is 30.4 Å². The minimum Gasteiger partial charge on any atom is -0.385 e. The molecule has 9 heteroatoms. The number of hydrogen-bond donors (Lipinski definition) is 2. The maximum Gasteiger partial charge on any atom is 0.330 e. The van der Waals surface area contributed by atoms with Gasteiger partial charge in [0.1, 0.15) is 11.6 Å². The van der Waals surface area contributed by atoms with Crippen molar-refractivity contribution < 1.29 is 13.9 Å². The number of halogens is 1. The van der Waals surface area contributed by atoms with Crippen molar-refractivity contribution in [3.8, 4) is 0 Å². The SMILES string of the molecule is COCCCN(C(=O)Cc1cccc(F)c1)c1c(N)n(CC(C)C)c(=O)[nH]c1=O. The summed E-state index contributed by atoms with van der Waals surface area (Å²) in [5.74, 6) is -0.862. The zero-order valence-electron chi connectivity index (χ0n) is 16.9. The number of nitrogens with two attached hydrogens (primary N) is 1. The molecular formula is C20H27FN4O4. The van der Waals surface area contributed by atoms with E-state index in [2.05, 4.69) is 4.98 Å². The number of nitrogens with one attached hydrogen (secondary N) is 1. The number of aromatic nitrogens is 2. The minimum atomic E-state index is -0.738. The van der Waals surface area contributed by atoms with Gasteiger partial charge in [-0.2, -0.15) is 0 Å². The maximum absolute atomic E-state index is 13.5. The van der Waals surface area contributed by atoms with Gasteiger partial charge in [0, 0.05) is 26.8 Å². The smallest absolute Gasteiger partial charge is 0.330 e. The number of rotatable bonds is 9. The lowest BCUT2D eigenvalue weighted by Crippen LogP contribution is -2.42. The normalized spacial score (nSPS) is 11.1. The van der Waals surface area contributed by atoms with Crippen molar-refractivity contribution in [2.75, 3.05) is 30.9 Å². The number of carbonyl (C=O) groups excluding carboxylic acids is 1. The highest BCUT2D eigenvalue weighted by molar-refractivity contribution is 5.96. The summed E-state index contributed by atoms with van der Waals surface area (Å²) in [7, 11) is 1.53. The van der Waals surface area contributed by atoms with Crippen LogP contribution in [0.15, 0.2) is 33.9 Å². The van der Waals surface area contributed by atoms with E-state index in [1.165, 1.54) is 34.8 Å². The van der Waals surface area contributed by atoms with Gasteiger partial charge in [-0.05, 0) is 30.0 Å². The predicted octanol–water partition coefficient (Wildman–Crippen LogP) is 1.53. The first kappa shape index (κ1) is 22.4. The first-order chi connectivity index (χ1) is 13.7. The quantitative estimate of drug-likeness (QED) is 0.614. The molecule has 0 fully saturated rings. The van der Waals surface area contributed by atoms with Crippen LogP contribution >= 0.6 is 0 Å². The molecule has 0 bridgehead atoms. The summed E-state index contributed by atoms with van der Waals surface area (Å²) >= 11 is 0. The largest absolute Gasteiger partial charge is 0.385 e. The molecule has 158 valence electrons. The lowest BCUT2D eigenvalue weighted by atomic mass is 10.1. The second-order valence-electron chi connectivity index (χ2n) is 7.20. The summed E-state index contributed by atoms with van der Waals surface area (Å²) in [6, 6.07) is 5.69. The highest BCUT2D eigenvalue weighted by Crippen LogP contribution is 2.19. The number of aromatic amines is 1. The molecule has 3 N–H and O–H groups in total. The van der Waals surface area contributed by atoms with Gasteiger partial charge in [0.25, 0.3) is 5.56 Å². The molecule has 2 aromatic rings. The van der Waals surface area contributed by atoms with E-state index in [1.807, 2.05) is 13.8 Å². The first-order valence-electron chi connectivity index (χ1n) is 9.41. The lowest BCUT2D eigenvalue weighted by molar-refractivity contribution is -0.118. The molecule has 0 aliphatic heterocycles. The summed E-state index contributed by atoms with van der Waals surface area (Å²) in [5, 5.41) is 0. The van der Waals surface area contributed by atoms with Crippen LogP contribution in [0.1, 0.15) is 25.8 Å². The summed E-state index contributed by atoms with van der Waals surface area (Å²) in [5.41, 5.74) is 5.18. The second kappa shape index (κ2) is 10.0. The lowest BCUT2D eigenvalue weighted by Gasteiger charge is -2.25. The third-order valence-corrected chi connectivity index (χ3v) is 4.31.